The first kappa shape index (κ1) is 11.9. The van der Waals surface area contributed by atoms with Crippen molar-refractivity contribution in [3.63, 3.8) is 0 Å². The summed E-state index contributed by atoms with van der Waals surface area (Å²) in [6.45, 7) is 3.08. The highest BCUT2D eigenvalue weighted by molar-refractivity contribution is 5.55. The van der Waals surface area contributed by atoms with Gasteiger partial charge in [-0.2, -0.15) is 5.26 Å². The summed E-state index contributed by atoms with van der Waals surface area (Å²) in [7, 11) is 1.99. The maximum absolute atomic E-state index is 9.07. The first-order chi connectivity index (χ1) is 8.35. The summed E-state index contributed by atoms with van der Waals surface area (Å²) in [5.41, 5.74) is 1.52. The number of aromatic nitrogens is 1. The van der Waals surface area contributed by atoms with Crippen molar-refractivity contribution < 1.29 is 0 Å². The highest BCUT2D eigenvalue weighted by Crippen LogP contribution is 2.24. The van der Waals surface area contributed by atoms with Crippen molar-refractivity contribution in [2.45, 2.75) is 12.8 Å². The quantitative estimate of drug-likeness (QED) is 0.852. The van der Waals surface area contributed by atoms with Crippen LogP contribution in [0.25, 0.3) is 0 Å². The predicted molar refractivity (Wildman–Crippen MR) is 67.8 cm³/mol. The van der Waals surface area contributed by atoms with E-state index in [0.29, 0.717) is 11.6 Å². The Labute approximate surface area is 102 Å². The molecule has 1 aromatic heterocycles. The summed E-state index contributed by atoms with van der Waals surface area (Å²) in [5, 5.41) is 12.3. The number of hydrogen-bond donors (Lipinski definition) is 1. The lowest BCUT2D eigenvalue weighted by Gasteiger charge is -2.34. The number of hydrogen-bond acceptors (Lipinski definition) is 4. The highest BCUT2D eigenvalue weighted by Gasteiger charge is 2.21. The van der Waals surface area contributed by atoms with Crippen LogP contribution in [0.4, 0.5) is 5.69 Å². The fraction of sp³-hybridized carbons (Fsp3) is 0.538. The number of anilines is 1. The first-order valence-electron chi connectivity index (χ1n) is 6.10. The Kier molecular flexibility index (Phi) is 3.94. The number of rotatable bonds is 3. The zero-order chi connectivity index (χ0) is 12.1. The van der Waals surface area contributed by atoms with E-state index in [9.17, 15) is 0 Å². The zero-order valence-electron chi connectivity index (χ0n) is 10.2. The lowest BCUT2D eigenvalue weighted by atomic mass is 9.97. The largest absolute Gasteiger partial charge is 0.369 e. The van der Waals surface area contributed by atoms with E-state index >= 15 is 0 Å². The SMILES string of the molecule is CNCC1CCCN(c2cccnc2C#N)C1. The van der Waals surface area contributed by atoms with Crippen LogP contribution >= 0.6 is 0 Å². The van der Waals surface area contributed by atoms with Gasteiger partial charge in [-0.05, 0) is 44.5 Å². The molecule has 0 amide bonds. The fourth-order valence-electron chi connectivity index (χ4n) is 2.48. The van der Waals surface area contributed by atoms with Gasteiger partial charge in [-0.1, -0.05) is 0 Å². The summed E-state index contributed by atoms with van der Waals surface area (Å²) in [6.07, 6.45) is 4.13. The van der Waals surface area contributed by atoms with E-state index in [0.717, 1.165) is 25.3 Å². The van der Waals surface area contributed by atoms with Crippen LogP contribution in [-0.2, 0) is 0 Å². The molecule has 90 valence electrons. The molecule has 1 saturated heterocycles. The maximum Gasteiger partial charge on any atom is 0.163 e. The van der Waals surface area contributed by atoms with E-state index in [-0.39, 0.29) is 0 Å². The molecule has 0 aliphatic carbocycles. The zero-order valence-corrected chi connectivity index (χ0v) is 10.2. The maximum atomic E-state index is 9.07. The number of pyridine rings is 1. The second kappa shape index (κ2) is 5.65. The van der Waals surface area contributed by atoms with Gasteiger partial charge in [0.1, 0.15) is 6.07 Å². The lowest BCUT2D eigenvalue weighted by molar-refractivity contribution is 0.402. The number of nitriles is 1. The van der Waals surface area contributed by atoms with Gasteiger partial charge in [0, 0.05) is 19.3 Å². The Bertz CT molecular complexity index is 408. The second-order valence-electron chi connectivity index (χ2n) is 4.49. The van der Waals surface area contributed by atoms with Crippen LogP contribution in [0.1, 0.15) is 18.5 Å². The van der Waals surface area contributed by atoms with Gasteiger partial charge >= 0.3 is 0 Å². The third kappa shape index (κ3) is 2.75. The van der Waals surface area contributed by atoms with Crippen molar-refractivity contribution in [3.8, 4) is 6.07 Å². The molecule has 2 heterocycles. The van der Waals surface area contributed by atoms with Gasteiger partial charge in [0.2, 0.25) is 0 Å². The summed E-state index contributed by atoms with van der Waals surface area (Å²) >= 11 is 0. The van der Waals surface area contributed by atoms with Crippen molar-refractivity contribution in [1.82, 2.24) is 10.3 Å². The Morgan fingerprint density at radius 1 is 1.65 bits per heavy atom. The summed E-state index contributed by atoms with van der Waals surface area (Å²) in [4.78, 5) is 6.41. The monoisotopic (exact) mass is 230 g/mol. The van der Waals surface area contributed by atoms with Gasteiger partial charge < -0.3 is 10.2 Å². The molecule has 0 spiro atoms. The Morgan fingerprint density at radius 3 is 3.29 bits per heavy atom. The van der Waals surface area contributed by atoms with E-state index in [4.69, 9.17) is 5.26 Å². The van der Waals surface area contributed by atoms with E-state index in [1.165, 1.54) is 12.8 Å². The summed E-state index contributed by atoms with van der Waals surface area (Å²) in [5.74, 6) is 0.667. The molecule has 2 rings (SSSR count). The molecule has 0 aromatic carbocycles. The summed E-state index contributed by atoms with van der Waals surface area (Å²) < 4.78 is 0. The van der Waals surface area contributed by atoms with Gasteiger partial charge in [0.05, 0.1) is 5.69 Å². The molecule has 0 saturated carbocycles. The van der Waals surface area contributed by atoms with Crippen molar-refractivity contribution in [2.75, 3.05) is 31.6 Å². The Hall–Kier alpha value is -1.60. The van der Waals surface area contributed by atoms with Gasteiger partial charge in [-0.15, -0.1) is 0 Å². The smallest absolute Gasteiger partial charge is 0.163 e. The fourth-order valence-corrected chi connectivity index (χ4v) is 2.48. The topological polar surface area (TPSA) is 52.0 Å². The van der Waals surface area contributed by atoms with Gasteiger partial charge in [0.15, 0.2) is 5.69 Å². The molecule has 4 nitrogen and oxygen atoms in total. The number of nitrogens with one attached hydrogen (secondary N) is 1. The van der Waals surface area contributed by atoms with Crippen molar-refractivity contribution in [3.05, 3.63) is 24.0 Å². The van der Waals surface area contributed by atoms with Crippen LogP contribution in [0.15, 0.2) is 18.3 Å². The Balaban J connectivity index is 2.14. The lowest BCUT2D eigenvalue weighted by Crippen LogP contribution is -2.39. The molecular formula is C13H18N4. The predicted octanol–water partition coefficient (Wildman–Crippen LogP) is 1.39. The normalized spacial score (nSPS) is 20.0. The average molecular weight is 230 g/mol. The molecule has 1 aliphatic heterocycles. The van der Waals surface area contributed by atoms with E-state index in [1.807, 2.05) is 19.2 Å². The van der Waals surface area contributed by atoms with Gasteiger partial charge in [0.25, 0.3) is 0 Å². The van der Waals surface area contributed by atoms with Crippen molar-refractivity contribution in [1.29, 1.82) is 5.26 Å². The molecule has 1 unspecified atom stereocenters. The molecule has 17 heavy (non-hydrogen) atoms. The number of nitrogens with zero attached hydrogens (tertiary/aromatic N) is 3. The molecule has 1 aliphatic rings. The molecule has 1 N–H and O–H groups in total. The summed E-state index contributed by atoms with van der Waals surface area (Å²) in [6, 6.07) is 6.07. The van der Waals surface area contributed by atoms with Gasteiger partial charge in [-0.25, -0.2) is 4.98 Å². The van der Waals surface area contributed by atoms with Crippen LogP contribution in [0, 0.1) is 17.2 Å². The molecule has 0 bridgehead atoms. The van der Waals surface area contributed by atoms with Crippen LogP contribution in [0.5, 0.6) is 0 Å². The third-order valence-electron chi connectivity index (χ3n) is 3.24. The van der Waals surface area contributed by atoms with Crippen LogP contribution in [-0.4, -0.2) is 31.7 Å². The van der Waals surface area contributed by atoms with Crippen molar-refractivity contribution in [2.24, 2.45) is 5.92 Å². The second-order valence-corrected chi connectivity index (χ2v) is 4.49. The first-order valence-corrected chi connectivity index (χ1v) is 6.10. The van der Waals surface area contributed by atoms with Crippen LogP contribution in [0.2, 0.25) is 0 Å². The molecule has 1 fully saturated rings. The highest BCUT2D eigenvalue weighted by atomic mass is 15.1. The third-order valence-corrected chi connectivity index (χ3v) is 3.24. The average Bonchev–Trinajstić information content (AvgIpc) is 2.39. The molecule has 1 aromatic rings. The van der Waals surface area contributed by atoms with Crippen LogP contribution < -0.4 is 10.2 Å². The molecule has 1 atom stereocenters. The van der Waals surface area contributed by atoms with Gasteiger partial charge in [-0.3, -0.25) is 0 Å². The minimum absolute atomic E-state index is 0.539. The number of piperidine rings is 1. The minimum atomic E-state index is 0.539. The van der Waals surface area contributed by atoms with E-state index < -0.39 is 0 Å². The Morgan fingerprint density at radius 2 is 2.53 bits per heavy atom. The van der Waals surface area contributed by atoms with Crippen LogP contribution in [0.3, 0.4) is 0 Å². The van der Waals surface area contributed by atoms with E-state index in [1.54, 1.807) is 6.20 Å². The molecular weight excluding hydrogens is 212 g/mol. The van der Waals surface area contributed by atoms with E-state index in [2.05, 4.69) is 21.3 Å². The molecule has 0 radical (unpaired) electrons. The van der Waals surface area contributed by atoms with Crippen molar-refractivity contribution >= 4 is 5.69 Å². The standard InChI is InChI=1S/C13H18N4/c1-15-9-11-4-3-7-17(10-11)13-5-2-6-16-12(13)8-14/h2,5-6,11,15H,3-4,7,9-10H2,1H3. The molecule has 4 heteroatoms. The minimum Gasteiger partial charge on any atom is -0.369 e.